The maximum Gasteiger partial charge on any atom is 0.305 e. The number of aromatic nitrogens is 1. The third-order valence-electron chi connectivity index (χ3n) is 23.1. The second-order valence-corrected chi connectivity index (χ2v) is 36.6. The first-order valence-corrected chi connectivity index (χ1v) is 46.1. The summed E-state index contributed by atoms with van der Waals surface area (Å²) in [4.78, 5) is 267. The van der Waals surface area contributed by atoms with Crippen LogP contribution in [0.3, 0.4) is 0 Å². The fraction of sp³-hybridized carbons (Fsp3) is 0.474. The van der Waals surface area contributed by atoms with E-state index in [2.05, 4.69) is 74.1 Å². The lowest BCUT2D eigenvalue weighted by atomic mass is 9.97. The third kappa shape index (κ3) is 32.0. The molecule has 15 atom stereocenters. The lowest BCUT2D eigenvalue weighted by Crippen LogP contribution is -2.63. The molecule has 40 heteroatoms. The van der Waals surface area contributed by atoms with Gasteiger partial charge < -0.3 is 111 Å². The highest BCUT2D eigenvalue weighted by molar-refractivity contribution is 8.00. The number of fused-ring (bicyclic) bond motifs is 2. The molecule has 5 aromatic carbocycles. The van der Waals surface area contributed by atoms with Gasteiger partial charge in [-0.3, -0.25) is 86.3 Å². The molecule has 0 aliphatic carbocycles. The fourth-order valence-electron chi connectivity index (χ4n) is 15.5. The smallest absolute Gasteiger partial charge is 0.305 e. The molecule has 0 bridgehead atoms. The number of amides is 17. The normalized spacial score (nSPS) is 23.9. The number of piperidine rings is 1. The molecule has 2 saturated heterocycles. The predicted octanol–water partition coefficient (Wildman–Crippen LogP) is 0.340. The Morgan fingerprint density at radius 3 is 1.44 bits per heavy atom. The van der Waals surface area contributed by atoms with Crippen LogP contribution in [-0.2, 0) is 112 Å². The number of phenolic OH excluding ortho intramolecular Hbond substituents is 1. The Morgan fingerprint density at radius 1 is 0.467 bits per heavy atom. The summed E-state index contributed by atoms with van der Waals surface area (Å²) in [5.41, 5.74) is 15.2. The number of phenols is 1. The van der Waals surface area contributed by atoms with Crippen molar-refractivity contribution in [2.24, 2.45) is 35.1 Å². The van der Waals surface area contributed by atoms with Crippen LogP contribution >= 0.6 is 11.8 Å². The first kappa shape index (κ1) is 107. The minimum atomic E-state index is -2.06. The number of aliphatic hydroxyl groups is 1. The lowest BCUT2D eigenvalue weighted by Gasteiger charge is -2.39. The Labute approximate surface area is 786 Å². The van der Waals surface area contributed by atoms with Gasteiger partial charge in [-0.2, -0.15) is 0 Å². The van der Waals surface area contributed by atoms with Gasteiger partial charge in [0.05, 0.1) is 25.2 Å². The van der Waals surface area contributed by atoms with Crippen LogP contribution in [0.2, 0.25) is 0 Å². The van der Waals surface area contributed by atoms with Gasteiger partial charge in [0, 0.05) is 62.1 Å². The topological polar surface area (TPSA) is 599 Å². The number of nitrogens with one attached hydrogen (secondary N) is 14. The number of H-pyrrole nitrogens is 1. The number of benzene rings is 5. The molecule has 21 N–H and O–H groups in total. The van der Waals surface area contributed by atoms with Crippen molar-refractivity contribution < 1.29 is 102 Å². The van der Waals surface area contributed by atoms with Crippen LogP contribution < -0.4 is 80.6 Å². The monoisotopic (exact) mass is 1890 g/mol. The third-order valence-corrected chi connectivity index (χ3v) is 24.2. The SMILES string of the molecule is CC(C)C[C@@H]1NC(=O)[C@H](Cc2c[nH]c3ccccc23)NC(=O)[C@H](CC(=O)O)NC(=O)[C@H](Cc2ccc(O)cc2)NC(=O)[C@H](Cc2ccccc2)NC(=O)CSC[C@@H](C(=O)N[C@@H](C)C(N)=O)NC(=O)[C@H](CO)NC(=O)[C@H](C(C)C)NC(=O)[C@H](CC(C)C)NC(=O)[C@H](CC(N)=O)NC(=O)[C@H]2CCCCN2C(=O)[C@H](C)N(C)C(=O)[C@H](C(C)C)NC(=O)[C@H](Cc2ccc(-c3ccccc3)cc2)NC1=O. The zero-order valence-electron chi connectivity index (χ0n) is 77.5. The number of carbonyl (C=O) groups is 18. The van der Waals surface area contributed by atoms with Crippen LogP contribution in [0, 0.1) is 23.7 Å². The molecular weight excluding hydrogens is 1760 g/mol. The number of nitrogens with two attached hydrogens (primary N) is 2. The lowest BCUT2D eigenvalue weighted by molar-refractivity contribution is -0.151. The summed E-state index contributed by atoms with van der Waals surface area (Å²) in [7, 11) is 1.32. The van der Waals surface area contributed by atoms with Gasteiger partial charge in [-0.15, -0.1) is 11.8 Å². The predicted molar refractivity (Wildman–Crippen MR) is 500 cm³/mol. The number of aromatic amines is 1. The molecule has 1 aromatic heterocycles. The second kappa shape index (κ2) is 50.9. The highest BCUT2D eigenvalue weighted by atomic mass is 32.2. The fourth-order valence-corrected chi connectivity index (χ4v) is 16.4. The van der Waals surface area contributed by atoms with Crippen LogP contribution in [0.15, 0.2) is 140 Å². The molecule has 8 rings (SSSR count). The number of carbonyl (C=O) groups excluding carboxylic acids is 17. The maximum atomic E-state index is 15.5. The summed E-state index contributed by atoms with van der Waals surface area (Å²) in [6.07, 6.45) is -1.13. The summed E-state index contributed by atoms with van der Waals surface area (Å²) >= 11 is 0.707. The van der Waals surface area contributed by atoms with Gasteiger partial charge in [0.15, 0.2) is 0 Å². The zero-order valence-corrected chi connectivity index (χ0v) is 78.3. The number of hydrogen-bond acceptors (Lipinski definition) is 21. The Kier molecular flexibility index (Phi) is 40.2. The highest BCUT2D eigenvalue weighted by Gasteiger charge is 2.43. The van der Waals surface area contributed by atoms with E-state index < -0.39 is 252 Å². The highest BCUT2D eigenvalue weighted by Crippen LogP contribution is 2.26. The van der Waals surface area contributed by atoms with E-state index >= 15 is 38.4 Å². The number of aliphatic hydroxyl groups excluding tert-OH is 1. The van der Waals surface area contributed by atoms with Crippen molar-refractivity contribution in [3.63, 3.8) is 0 Å². The largest absolute Gasteiger partial charge is 0.508 e. The molecule has 0 spiro atoms. The Hall–Kier alpha value is -13.8. The van der Waals surface area contributed by atoms with Crippen molar-refractivity contribution in [2.45, 2.75) is 230 Å². The number of carboxylic acids is 1. The summed E-state index contributed by atoms with van der Waals surface area (Å²) < 4.78 is 0. The van der Waals surface area contributed by atoms with Gasteiger partial charge in [0.2, 0.25) is 100 Å². The number of hydrogen-bond donors (Lipinski definition) is 19. The van der Waals surface area contributed by atoms with E-state index in [9.17, 15) is 63.3 Å². The molecule has 0 unspecified atom stereocenters. The van der Waals surface area contributed by atoms with Crippen LogP contribution in [0.5, 0.6) is 5.75 Å². The summed E-state index contributed by atoms with van der Waals surface area (Å²) in [6.45, 7) is 14.6. The van der Waals surface area contributed by atoms with E-state index in [1.54, 1.807) is 114 Å². The van der Waals surface area contributed by atoms with Gasteiger partial charge in [0.25, 0.3) is 0 Å². The Morgan fingerprint density at radius 2 is 0.904 bits per heavy atom. The Balaban J connectivity index is 1.20. The van der Waals surface area contributed by atoms with E-state index in [4.69, 9.17) is 11.5 Å². The van der Waals surface area contributed by atoms with Gasteiger partial charge in [-0.05, 0) is 121 Å². The molecule has 2 fully saturated rings. The first-order chi connectivity index (χ1) is 64.0. The molecule has 0 saturated carbocycles. The molecule has 2 aliphatic rings. The van der Waals surface area contributed by atoms with Crippen molar-refractivity contribution in [1.82, 2.24) is 83.9 Å². The number of carboxylic acid groups (broad SMARTS) is 1. The molecule has 728 valence electrons. The Bertz CT molecular complexity index is 5200. The minimum absolute atomic E-state index is 0.0196. The number of aliphatic carboxylic acids is 1. The number of likely N-dealkylation sites (N-methyl/N-ethyl adjacent to an activating group) is 1. The van der Waals surface area contributed by atoms with Gasteiger partial charge in [-0.25, -0.2) is 0 Å². The summed E-state index contributed by atoms with van der Waals surface area (Å²) in [5.74, 6) is -22.3. The van der Waals surface area contributed by atoms with Crippen molar-refractivity contribution in [1.29, 1.82) is 0 Å². The second-order valence-electron chi connectivity index (χ2n) is 35.5. The molecular formula is C95H126N18O21S. The van der Waals surface area contributed by atoms with E-state index in [1.807, 2.05) is 42.5 Å². The van der Waals surface area contributed by atoms with Crippen molar-refractivity contribution in [3.05, 3.63) is 162 Å². The molecule has 135 heavy (non-hydrogen) atoms. The number of nitrogens with zero attached hydrogens (tertiary/aromatic N) is 2. The average molecular weight is 1890 g/mol. The van der Waals surface area contributed by atoms with Gasteiger partial charge in [0.1, 0.15) is 96.4 Å². The zero-order chi connectivity index (χ0) is 99.2. The number of rotatable bonds is 23. The van der Waals surface area contributed by atoms with Crippen LogP contribution in [-0.4, -0.2) is 259 Å². The van der Waals surface area contributed by atoms with Crippen molar-refractivity contribution in [2.75, 3.05) is 31.7 Å². The van der Waals surface area contributed by atoms with Crippen molar-refractivity contribution in [3.8, 4) is 16.9 Å². The number of primary amides is 2. The van der Waals surface area contributed by atoms with Crippen LogP contribution in [0.25, 0.3) is 22.0 Å². The number of para-hydroxylation sites is 1. The van der Waals surface area contributed by atoms with E-state index in [0.717, 1.165) is 16.0 Å². The summed E-state index contributed by atoms with van der Waals surface area (Å²) in [5, 5.41) is 65.8. The van der Waals surface area contributed by atoms with Gasteiger partial charge in [-0.1, -0.05) is 171 Å². The minimum Gasteiger partial charge on any atom is -0.508 e. The van der Waals surface area contributed by atoms with E-state index in [0.29, 0.717) is 57.8 Å². The van der Waals surface area contributed by atoms with Crippen LogP contribution in [0.4, 0.5) is 0 Å². The first-order valence-electron chi connectivity index (χ1n) is 45.0. The summed E-state index contributed by atoms with van der Waals surface area (Å²) in [6, 6.07) is 12.9. The molecule has 3 heterocycles. The van der Waals surface area contributed by atoms with E-state index in [-0.39, 0.29) is 56.7 Å². The standard InChI is InChI=1S/C95H126N18O21S/c1-50(2)38-65-82(121)104-69(41-57-29-33-60(34-30-57)59-24-16-13-17-25-59)89(128)111-80(53(7)8)95(134)112(11)55(10)94(133)113-37-21-20-28-75(113)92(131)107-71(44-76(96)116)86(125)102-66(39-51(3)4)88(127)110-79(52(5)6)93(132)108-73(47-114)90(129)109-74(91(130)99-54(9)81(97)120)48-135-49-77(117)100-67(40-56-22-14-12-15-23-56)83(122)103-68(42-58-31-35-62(115)36-32-58)84(123)106-72(45-78(118)119)87(126)105-70(85(124)101-65)43-61-46-98-64-27-19-18-26-63(61)64/h12-19,22-27,29-36,46,50-55,65-75,79-80,98,114-115H,20-21,28,37-45,47-49H2,1-11H3,(H2,96,116)(H2,97,120)(H,99,130)(H,100,117)(H,101,124)(H,102,125)(H,103,122)(H,104,121)(H,105,126)(H,106,123)(H,107,131)(H,108,132)(H,109,129)(H,110,127)(H,111,128)(H,118,119)/t54-,55-,65-,66-,67-,68-,69-,70-,71-,72-,73-,74-,75+,79-,80-/m0/s1. The molecule has 6 aromatic rings. The molecule has 2 aliphatic heterocycles. The van der Waals surface area contributed by atoms with E-state index in [1.165, 1.54) is 63.9 Å². The van der Waals surface area contributed by atoms with Gasteiger partial charge >= 0.3 is 5.97 Å². The average Bonchev–Trinajstić information content (AvgIpc) is 1.28. The van der Waals surface area contributed by atoms with Crippen molar-refractivity contribution >= 4 is 129 Å². The molecule has 17 amide bonds. The molecule has 0 radical (unpaired) electrons. The van der Waals surface area contributed by atoms with Crippen LogP contribution in [0.1, 0.15) is 136 Å². The quantitative estimate of drug-likeness (QED) is 0.0411. The molecule has 39 nitrogen and oxygen atoms in total. The maximum absolute atomic E-state index is 15.5. The number of aromatic hydroxyl groups is 1. The number of thioether (sulfide) groups is 1.